The van der Waals surface area contributed by atoms with Gasteiger partial charge in [0.15, 0.2) is 0 Å². The van der Waals surface area contributed by atoms with E-state index < -0.39 is 0 Å². The molecular formula is C11H11BrCl2N4O. The van der Waals surface area contributed by atoms with Gasteiger partial charge >= 0.3 is 6.01 Å². The van der Waals surface area contributed by atoms with Crippen LogP contribution in [0.3, 0.4) is 0 Å². The number of rotatable bonds is 5. The van der Waals surface area contributed by atoms with Crippen LogP contribution in [0.5, 0.6) is 0 Å². The molecule has 2 N–H and O–H groups in total. The van der Waals surface area contributed by atoms with Gasteiger partial charge in [0.25, 0.3) is 0 Å². The van der Waals surface area contributed by atoms with Gasteiger partial charge < -0.3 is 15.1 Å². The van der Waals surface area contributed by atoms with Crippen molar-refractivity contribution in [3.8, 4) is 0 Å². The fourth-order valence-corrected chi connectivity index (χ4v) is 2.17. The van der Waals surface area contributed by atoms with Crippen molar-refractivity contribution in [3.05, 3.63) is 32.5 Å². The zero-order valence-corrected chi connectivity index (χ0v) is 13.1. The van der Waals surface area contributed by atoms with E-state index in [2.05, 4.69) is 36.8 Å². The van der Waals surface area contributed by atoms with E-state index in [0.717, 1.165) is 11.0 Å². The highest BCUT2D eigenvalue weighted by Gasteiger charge is 2.11. The number of anilines is 2. The first kappa shape index (κ1) is 14.6. The number of nitrogens with zero attached hydrogens (tertiary/aromatic N) is 2. The average Bonchev–Trinajstić information content (AvgIpc) is 2.85. The topological polar surface area (TPSA) is 63.0 Å². The normalized spacial score (nSPS) is 10.7. The van der Waals surface area contributed by atoms with Crippen LogP contribution in [0, 0.1) is 0 Å². The molecule has 1 aromatic heterocycles. The van der Waals surface area contributed by atoms with E-state index in [1.165, 1.54) is 0 Å². The molecule has 0 amide bonds. The van der Waals surface area contributed by atoms with Crippen molar-refractivity contribution < 1.29 is 4.42 Å². The number of nitrogens with one attached hydrogen (secondary N) is 2. The summed E-state index contributed by atoms with van der Waals surface area (Å²) < 4.78 is 6.13. The number of benzene rings is 1. The molecule has 0 saturated carbocycles. The van der Waals surface area contributed by atoms with Crippen LogP contribution in [-0.4, -0.2) is 16.7 Å². The summed E-state index contributed by atoms with van der Waals surface area (Å²) in [6.45, 7) is 3.36. The maximum absolute atomic E-state index is 6.11. The van der Waals surface area contributed by atoms with Crippen molar-refractivity contribution in [2.75, 3.05) is 11.9 Å². The van der Waals surface area contributed by atoms with E-state index in [9.17, 15) is 0 Å². The Morgan fingerprint density at radius 3 is 2.79 bits per heavy atom. The van der Waals surface area contributed by atoms with Gasteiger partial charge in [-0.3, -0.25) is 0 Å². The molecular weight excluding hydrogens is 355 g/mol. The minimum Gasteiger partial charge on any atom is -0.406 e. The van der Waals surface area contributed by atoms with Crippen LogP contribution < -0.4 is 10.6 Å². The summed E-state index contributed by atoms with van der Waals surface area (Å²) in [4.78, 5) is 0. The smallest absolute Gasteiger partial charge is 0.320 e. The van der Waals surface area contributed by atoms with Gasteiger partial charge in [0, 0.05) is 4.47 Å². The third-order valence-corrected chi connectivity index (χ3v) is 4.04. The third-order valence-electron chi connectivity index (χ3n) is 2.27. The van der Waals surface area contributed by atoms with Gasteiger partial charge in [-0.25, -0.2) is 0 Å². The average molecular weight is 366 g/mol. The van der Waals surface area contributed by atoms with Crippen LogP contribution in [0.2, 0.25) is 10.0 Å². The monoisotopic (exact) mass is 364 g/mol. The third kappa shape index (κ3) is 3.60. The lowest BCUT2D eigenvalue weighted by Gasteiger charge is -2.06. The summed E-state index contributed by atoms with van der Waals surface area (Å²) in [5.41, 5.74) is 0.605. The SMILES string of the molecule is CCNCc1nnc(Nc2ccc(Br)c(Cl)c2Cl)o1. The van der Waals surface area contributed by atoms with Gasteiger partial charge in [0.2, 0.25) is 5.89 Å². The van der Waals surface area contributed by atoms with Crippen LogP contribution in [0.25, 0.3) is 0 Å². The highest BCUT2D eigenvalue weighted by atomic mass is 79.9. The molecule has 0 aliphatic rings. The molecule has 0 radical (unpaired) electrons. The summed E-state index contributed by atoms with van der Waals surface area (Å²) in [5.74, 6) is 0.503. The Morgan fingerprint density at radius 1 is 1.26 bits per heavy atom. The predicted molar refractivity (Wildman–Crippen MR) is 79.1 cm³/mol. The highest BCUT2D eigenvalue weighted by molar-refractivity contribution is 9.10. The van der Waals surface area contributed by atoms with Crippen molar-refractivity contribution >= 4 is 50.8 Å². The second-order valence-corrected chi connectivity index (χ2v) is 5.24. The number of hydrogen-bond donors (Lipinski definition) is 2. The molecule has 8 heteroatoms. The van der Waals surface area contributed by atoms with Crippen LogP contribution in [-0.2, 0) is 6.54 Å². The van der Waals surface area contributed by atoms with Crippen molar-refractivity contribution in [1.82, 2.24) is 15.5 Å². The quantitative estimate of drug-likeness (QED) is 0.784. The maximum atomic E-state index is 6.11. The lowest BCUT2D eigenvalue weighted by atomic mass is 10.3. The Kier molecular flexibility index (Phi) is 5.04. The maximum Gasteiger partial charge on any atom is 0.320 e. The second-order valence-electron chi connectivity index (χ2n) is 3.63. The molecule has 5 nitrogen and oxygen atoms in total. The van der Waals surface area contributed by atoms with E-state index in [0.29, 0.717) is 28.2 Å². The van der Waals surface area contributed by atoms with Crippen LogP contribution in [0.15, 0.2) is 21.0 Å². The molecule has 19 heavy (non-hydrogen) atoms. The van der Waals surface area contributed by atoms with Crippen molar-refractivity contribution in [3.63, 3.8) is 0 Å². The van der Waals surface area contributed by atoms with Gasteiger partial charge in [0.1, 0.15) is 0 Å². The molecule has 1 heterocycles. The first-order chi connectivity index (χ1) is 9.11. The zero-order chi connectivity index (χ0) is 13.8. The van der Waals surface area contributed by atoms with Crippen molar-refractivity contribution in [2.45, 2.75) is 13.5 Å². The minimum atomic E-state index is 0.271. The lowest BCUT2D eigenvalue weighted by molar-refractivity contribution is 0.484. The molecule has 0 unspecified atom stereocenters. The largest absolute Gasteiger partial charge is 0.406 e. The van der Waals surface area contributed by atoms with Crippen molar-refractivity contribution in [2.24, 2.45) is 0 Å². The van der Waals surface area contributed by atoms with Crippen molar-refractivity contribution in [1.29, 1.82) is 0 Å². The molecule has 0 fully saturated rings. The zero-order valence-electron chi connectivity index (χ0n) is 10.0. The molecule has 2 rings (SSSR count). The summed E-state index contributed by atoms with van der Waals surface area (Å²) in [7, 11) is 0. The Bertz CT molecular complexity index is 576. The van der Waals surface area contributed by atoms with E-state index in [1.807, 2.05) is 6.92 Å². The highest BCUT2D eigenvalue weighted by Crippen LogP contribution is 2.36. The molecule has 0 spiro atoms. The molecule has 0 atom stereocenters. The van der Waals surface area contributed by atoms with E-state index >= 15 is 0 Å². The molecule has 0 bridgehead atoms. The minimum absolute atomic E-state index is 0.271. The van der Waals surface area contributed by atoms with Crippen LogP contribution in [0.1, 0.15) is 12.8 Å². The van der Waals surface area contributed by atoms with Gasteiger partial charge in [-0.2, -0.15) is 0 Å². The molecule has 1 aromatic carbocycles. The van der Waals surface area contributed by atoms with E-state index in [1.54, 1.807) is 12.1 Å². The van der Waals surface area contributed by atoms with Gasteiger partial charge in [-0.15, -0.1) is 5.10 Å². The molecule has 0 saturated heterocycles. The molecule has 0 aliphatic heterocycles. The van der Waals surface area contributed by atoms with E-state index in [4.69, 9.17) is 27.6 Å². The molecule has 102 valence electrons. The predicted octanol–water partition coefficient (Wildman–Crippen LogP) is 3.99. The Balaban J connectivity index is 2.13. The first-order valence-corrected chi connectivity index (χ1v) is 7.10. The van der Waals surface area contributed by atoms with Gasteiger partial charge in [-0.1, -0.05) is 35.2 Å². The number of hydrogen-bond acceptors (Lipinski definition) is 5. The van der Waals surface area contributed by atoms with Crippen LogP contribution >= 0.6 is 39.1 Å². The molecule has 2 aromatic rings. The standard InChI is InChI=1S/C11H11BrCl2N4O/c1-2-15-5-8-17-18-11(19-8)16-7-4-3-6(12)9(13)10(7)14/h3-4,15H,2,5H2,1H3,(H,16,18). The summed E-state index contributed by atoms with van der Waals surface area (Å²) >= 11 is 15.4. The lowest BCUT2D eigenvalue weighted by Crippen LogP contribution is -2.11. The second kappa shape index (κ2) is 6.56. The fourth-order valence-electron chi connectivity index (χ4n) is 1.35. The van der Waals surface area contributed by atoms with E-state index in [-0.39, 0.29) is 6.01 Å². The van der Waals surface area contributed by atoms with Crippen LogP contribution in [0.4, 0.5) is 11.7 Å². The molecule has 0 aliphatic carbocycles. The Hall–Kier alpha value is -0.820. The van der Waals surface area contributed by atoms with Gasteiger partial charge in [-0.05, 0) is 34.6 Å². The summed E-state index contributed by atoms with van der Waals surface area (Å²) in [6.07, 6.45) is 0. The number of aromatic nitrogens is 2. The Morgan fingerprint density at radius 2 is 2.05 bits per heavy atom. The summed E-state index contributed by atoms with van der Waals surface area (Å²) in [6, 6.07) is 3.83. The Labute approximate surface area is 128 Å². The fraction of sp³-hybridized carbons (Fsp3) is 0.273. The summed E-state index contributed by atoms with van der Waals surface area (Å²) in [5, 5.41) is 14.6. The van der Waals surface area contributed by atoms with Gasteiger partial charge in [0.05, 0.1) is 22.3 Å². The first-order valence-electron chi connectivity index (χ1n) is 5.55. The number of halogens is 3.